The first-order chi connectivity index (χ1) is 9.22. The second-order valence-electron chi connectivity index (χ2n) is 4.04. The van der Waals surface area contributed by atoms with E-state index in [1.807, 2.05) is 31.2 Å². The summed E-state index contributed by atoms with van der Waals surface area (Å²) in [6, 6.07) is 7.49. The van der Waals surface area contributed by atoms with E-state index in [2.05, 4.69) is 15.2 Å². The van der Waals surface area contributed by atoms with E-state index >= 15 is 0 Å². The highest BCUT2D eigenvalue weighted by atomic mass is 35.5. The van der Waals surface area contributed by atoms with E-state index in [4.69, 9.17) is 23.2 Å². The summed E-state index contributed by atoms with van der Waals surface area (Å²) in [4.78, 5) is 4.40. The van der Waals surface area contributed by atoms with Crippen LogP contribution in [0.15, 0.2) is 30.5 Å². The van der Waals surface area contributed by atoms with Gasteiger partial charge in [0.1, 0.15) is 5.82 Å². The number of pyridine rings is 1. The summed E-state index contributed by atoms with van der Waals surface area (Å²) in [5, 5.41) is 9.84. The third-order valence-corrected chi connectivity index (χ3v) is 3.52. The summed E-state index contributed by atoms with van der Waals surface area (Å²) in [6.07, 6.45) is 2.46. The molecule has 0 fully saturated rings. The van der Waals surface area contributed by atoms with Crippen molar-refractivity contribution in [3.05, 3.63) is 46.6 Å². The summed E-state index contributed by atoms with van der Waals surface area (Å²) in [5.41, 5.74) is 1.62. The minimum Gasteiger partial charge on any atom is -0.268 e. The van der Waals surface area contributed by atoms with Gasteiger partial charge in [-0.25, -0.2) is 0 Å². The van der Waals surface area contributed by atoms with E-state index in [9.17, 15) is 0 Å². The third-order valence-electron chi connectivity index (χ3n) is 2.94. The van der Waals surface area contributed by atoms with Crippen molar-refractivity contribution in [3.8, 4) is 5.69 Å². The predicted molar refractivity (Wildman–Crippen MR) is 76.1 cm³/mol. The summed E-state index contributed by atoms with van der Waals surface area (Å²) in [5.74, 6) is 0.791. The molecule has 0 aliphatic heterocycles. The Morgan fingerprint density at radius 1 is 1.16 bits per heavy atom. The fourth-order valence-corrected chi connectivity index (χ4v) is 2.51. The van der Waals surface area contributed by atoms with E-state index in [1.165, 1.54) is 0 Å². The highest BCUT2D eigenvalue weighted by molar-refractivity contribution is 6.35. The van der Waals surface area contributed by atoms with Crippen LogP contribution in [-0.2, 0) is 6.42 Å². The molecule has 0 saturated heterocycles. The maximum atomic E-state index is 6.19. The molecule has 0 aliphatic rings. The Balaban J connectivity index is 2.37. The van der Waals surface area contributed by atoms with Gasteiger partial charge in [-0.1, -0.05) is 18.5 Å². The quantitative estimate of drug-likeness (QED) is 0.724. The summed E-state index contributed by atoms with van der Waals surface area (Å²) < 4.78 is 1.80. The molecule has 0 radical (unpaired) electrons. The molecule has 3 aromatic rings. The van der Waals surface area contributed by atoms with E-state index in [0.29, 0.717) is 10.3 Å². The molecule has 0 amide bonds. The number of benzene rings is 1. The van der Waals surface area contributed by atoms with E-state index in [-0.39, 0.29) is 0 Å². The van der Waals surface area contributed by atoms with Gasteiger partial charge >= 0.3 is 0 Å². The highest BCUT2D eigenvalue weighted by Gasteiger charge is 2.14. The third kappa shape index (κ3) is 1.97. The molecular formula is C13H10Cl2N4. The molecule has 0 aliphatic carbocycles. The molecule has 0 saturated carbocycles. The van der Waals surface area contributed by atoms with Crippen LogP contribution < -0.4 is 0 Å². The molecule has 4 nitrogen and oxygen atoms in total. The van der Waals surface area contributed by atoms with Gasteiger partial charge in [-0.15, -0.1) is 10.2 Å². The number of nitrogens with zero attached hydrogens (tertiary/aromatic N) is 4. The number of rotatable bonds is 2. The average molecular weight is 293 g/mol. The van der Waals surface area contributed by atoms with Gasteiger partial charge in [0.15, 0.2) is 0 Å². The average Bonchev–Trinajstić information content (AvgIpc) is 2.81. The maximum Gasteiger partial charge on any atom is 0.229 e. The number of fused-ring (bicyclic) bond motifs is 1. The topological polar surface area (TPSA) is 43.6 Å². The summed E-state index contributed by atoms with van der Waals surface area (Å²) in [7, 11) is 0. The lowest BCUT2D eigenvalue weighted by Gasteiger charge is -2.10. The van der Waals surface area contributed by atoms with Crippen LogP contribution in [-0.4, -0.2) is 19.7 Å². The monoisotopic (exact) mass is 292 g/mol. The fourth-order valence-electron chi connectivity index (χ4n) is 2.07. The van der Waals surface area contributed by atoms with Crippen LogP contribution in [0.2, 0.25) is 10.3 Å². The molecule has 3 rings (SSSR count). The van der Waals surface area contributed by atoms with Gasteiger partial charge in [0.2, 0.25) is 5.28 Å². The second kappa shape index (κ2) is 4.79. The molecule has 0 unspecified atom stereocenters. The Kier molecular flexibility index (Phi) is 3.12. The first-order valence-electron chi connectivity index (χ1n) is 5.85. The van der Waals surface area contributed by atoms with Crippen LogP contribution >= 0.6 is 23.2 Å². The molecule has 19 heavy (non-hydrogen) atoms. The Hall–Kier alpha value is -1.65. The van der Waals surface area contributed by atoms with Crippen molar-refractivity contribution in [3.63, 3.8) is 0 Å². The maximum absolute atomic E-state index is 6.19. The molecule has 1 aromatic carbocycles. The molecule has 0 bridgehead atoms. The summed E-state index contributed by atoms with van der Waals surface area (Å²) in [6.45, 7) is 2.00. The SMILES string of the molecule is CCc1nnc(Cl)n1-c1ccc(Cl)c2cccnc12. The van der Waals surface area contributed by atoms with Crippen molar-refractivity contribution >= 4 is 34.1 Å². The number of aromatic nitrogens is 4. The molecule has 2 heterocycles. The predicted octanol–water partition coefficient (Wildman–Crippen LogP) is 3.68. The smallest absolute Gasteiger partial charge is 0.229 e. The van der Waals surface area contributed by atoms with Crippen LogP contribution in [0.1, 0.15) is 12.7 Å². The van der Waals surface area contributed by atoms with Crippen molar-refractivity contribution in [2.75, 3.05) is 0 Å². The number of halogens is 2. The van der Waals surface area contributed by atoms with Crippen molar-refractivity contribution in [2.24, 2.45) is 0 Å². The van der Waals surface area contributed by atoms with Gasteiger partial charge in [-0.05, 0) is 35.9 Å². The number of aryl methyl sites for hydroxylation is 1. The van der Waals surface area contributed by atoms with E-state index in [1.54, 1.807) is 10.8 Å². The molecule has 2 aromatic heterocycles. The molecule has 0 spiro atoms. The van der Waals surface area contributed by atoms with Gasteiger partial charge in [-0.3, -0.25) is 9.55 Å². The molecule has 6 heteroatoms. The molecule has 96 valence electrons. The van der Waals surface area contributed by atoms with Crippen LogP contribution in [0.3, 0.4) is 0 Å². The van der Waals surface area contributed by atoms with Crippen LogP contribution in [0.5, 0.6) is 0 Å². The minimum absolute atomic E-state index is 0.325. The zero-order chi connectivity index (χ0) is 13.4. The lowest BCUT2D eigenvalue weighted by Crippen LogP contribution is -2.02. The van der Waals surface area contributed by atoms with Crippen LogP contribution in [0.4, 0.5) is 0 Å². The van der Waals surface area contributed by atoms with Crippen molar-refractivity contribution < 1.29 is 0 Å². The van der Waals surface area contributed by atoms with Crippen LogP contribution in [0.25, 0.3) is 16.6 Å². The lowest BCUT2D eigenvalue weighted by atomic mass is 10.2. The second-order valence-corrected chi connectivity index (χ2v) is 4.79. The standard InChI is InChI=1S/C13H10Cl2N4/c1-2-11-17-18-13(15)19(11)10-6-5-9(14)8-4-3-7-16-12(8)10/h3-7H,2H2,1H3. The van der Waals surface area contributed by atoms with E-state index in [0.717, 1.165) is 28.8 Å². The van der Waals surface area contributed by atoms with E-state index < -0.39 is 0 Å². The Labute approximate surface area is 120 Å². The molecular weight excluding hydrogens is 283 g/mol. The minimum atomic E-state index is 0.325. The Morgan fingerprint density at radius 2 is 2.00 bits per heavy atom. The zero-order valence-corrected chi connectivity index (χ0v) is 11.7. The largest absolute Gasteiger partial charge is 0.268 e. The lowest BCUT2D eigenvalue weighted by molar-refractivity contribution is 0.885. The first kappa shape index (κ1) is 12.4. The van der Waals surface area contributed by atoms with Gasteiger partial charge in [0.25, 0.3) is 0 Å². The van der Waals surface area contributed by atoms with Crippen molar-refractivity contribution in [1.29, 1.82) is 0 Å². The summed E-state index contributed by atoms with van der Waals surface area (Å²) >= 11 is 12.3. The van der Waals surface area contributed by atoms with Gasteiger partial charge in [-0.2, -0.15) is 0 Å². The first-order valence-corrected chi connectivity index (χ1v) is 6.61. The Morgan fingerprint density at radius 3 is 2.79 bits per heavy atom. The highest BCUT2D eigenvalue weighted by Crippen LogP contribution is 2.29. The number of hydrogen-bond donors (Lipinski definition) is 0. The number of hydrogen-bond acceptors (Lipinski definition) is 3. The van der Waals surface area contributed by atoms with Crippen LogP contribution in [0, 0.1) is 0 Å². The Bertz CT molecular complexity index is 751. The van der Waals surface area contributed by atoms with Crippen molar-refractivity contribution in [1.82, 2.24) is 19.7 Å². The van der Waals surface area contributed by atoms with Gasteiger partial charge in [0.05, 0.1) is 16.2 Å². The zero-order valence-electron chi connectivity index (χ0n) is 10.1. The van der Waals surface area contributed by atoms with Crippen molar-refractivity contribution in [2.45, 2.75) is 13.3 Å². The van der Waals surface area contributed by atoms with Gasteiger partial charge in [0, 0.05) is 18.0 Å². The molecule has 0 atom stereocenters. The fraction of sp³-hybridized carbons (Fsp3) is 0.154. The van der Waals surface area contributed by atoms with Gasteiger partial charge < -0.3 is 0 Å². The normalized spacial score (nSPS) is 11.1. The molecule has 0 N–H and O–H groups in total.